The van der Waals surface area contributed by atoms with Crippen molar-refractivity contribution in [3.05, 3.63) is 11.3 Å². The summed E-state index contributed by atoms with van der Waals surface area (Å²) in [6.07, 6.45) is 2.32. The lowest BCUT2D eigenvalue weighted by atomic mass is 9.75. The second-order valence-electron chi connectivity index (χ2n) is 7.51. The van der Waals surface area contributed by atoms with E-state index in [9.17, 15) is 9.59 Å². The summed E-state index contributed by atoms with van der Waals surface area (Å²) in [5.41, 5.74) is 0.441. The van der Waals surface area contributed by atoms with Crippen molar-refractivity contribution in [2.45, 2.75) is 72.7 Å². The fourth-order valence-corrected chi connectivity index (χ4v) is 3.82. The minimum atomic E-state index is -0.870. The van der Waals surface area contributed by atoms with E-state index >= 15 is 0 Å². The van der Waals surface area contributed by atoms with Gasteiger partial charge < -0.3 is 18.9 Å². The first-order chi connectivity index (χ1) is 12.4. The highest BCUT2D eigenvalue weighted by Gasteiger charge is 2.41. The first-order valence-electron chi connectivity index (χ1n) is 9.75. The number of ether oxygens (including phenoxy) is 4. The van der Waals surface area contributed by atoms with E-state index in [2.05, 4.69) is 20.8 Å². The molecule has 6 heteroatoms. The molecule has 26 heavy (non-hydrogen) atoms. The van der Waals surface area contributed by atoms with Gasteiger partial charge in [0.1, 0.15) is 0 Å². The van der Waals surface area contributed by atoms with Crippen molar-refractivity contribution in [3.8, 4) is 0 Å². The lowest BCUT2D eigenvalue weighted by molar-refractivity contribution is -0.179. The quantitative estimate of drug-likeness (QED) is 0.388. The summed E-state index contributed by atoms with van der Waals surface area (Å²) in [7, 11) is 0. The van der Waals surface area contributed by atoms with Crippen LogP contribution in [0, 0.1) is 17.8 Å². The molecule has 1 aliphatic heterocycles. The molecule has 1 saturated carbocycles. The Bertz CT molecular complexity index is 538. The van der Waals surface area contributed by atoms with E-state index in [0.29, 0.717) is 29.9 Å². The molecule has 1 heterocycles. The van der Waals surface area contributed by atoms with Gasteiger partial charge in [0.15, 0.2) is 0 Å². The molecule has 0 amide bonds. The molecule has 148 valence electrons. The minimum Gasteiger partial charge on any atom is -0.487 e. The van der Waals surface area contributed by atoms with Gasteiger partial charge >= 0.3 is 11.9 Å². The summed E-state index contributed by atoms with van der Waals surface area (Å²) in [6.45, 7) is 10.6. The Labute approximate surface area is 156 Å². The Balaban J connectivity index is 2.25. The highest BCUT2D eigenvalue weighted by molar-refractivity contribution is 5.89. The first-order valence-corrected chi connectivity index (χ1v) is 9.75. The molecule has 0 spiro atoms. The van der Waals surface area contributed by atoms with E-state index in [1.807, 2.05) is 0 Å². The van der Waals surface area contributed by atoms with Gasteiger partial charge in [-0.3, -0.25) is 4.79 Å². The summed E-state index contributed by atoms with van der Waals surface area (Å²) in [5, 5.41) is 0. The highest BCUT2D eigenvalue weighted by Crippen LogP contribution is 2.38. The van der Waals surface area contributed by atoms with Crippen molar-refractivity contribution in [1.29, 1.82) is 0 Å². The second-order valence-corrected chi connectivity index (χ2v) is 7.51. The smallest absolute Gasteiger partial charge is 0.373 e. The van der Waals surface area contributed by atoms with Gasteiger partial charge in [0, 0.05) is 0 Å². The van der Waals surface area contributed by atoms with Gasteiger partial charge in [0.25, 0.3) is 0 Å². The van der Waals surface area contributed by atoms with Gasteiger partial charge in [-0.2, -0.15) is 0 Å². The summed E-state index contributed by atoms with van der Waals surface area (Å²) >= 11 is 0. The van der Waals surface area contributed by atoms with Crippen LogP contribution in [0.1, 0.15) is 60.3 Å². The van der Waals surface area contributed by atoms with Gasteiger partial charge in [0.05, 0.1) is 31.3 Å². The van der Waals surface area contributed by atoms with Crippen molar-refractivity contribution in [3.63, 3.8) is 0 Å². The van der Waals surface area contributed by atoms with Gasteiger partial charge in [-0.05, 0) is 44.4 Å². The number of carbonyl (C=O) groups is 2. The minimum absolute atomic E-state index is 0.00489. The Hall–Kier alpha value is -1.56. The lowest BCUT2D eigenvalue weighted by Crippen LogP contribution is -2.37. The molecule has 0 unspecified atom stereocenters. The predicted octanol–water partition coefficient (Wildman–Crippen LogP) is 3.59. The maximum Gasteiger partial charge on any atom is 0.373 e. The van der Waals surface area contributed by atoms with E-state index in [1.165, 1.54) is 6.42 Å². The van der Waals surface area contributed by atoms with E-state index in [0.717, 1.165) is 12.8 Å². The maximum absolute atomic E-state index is 12.3. The van der Waals surface area contributed by atoms with E-state index in [1.54, 1.807) is 13.8 Å². The third-order valence-corrected chi connectivity index (χ3v) is 5.16. The number of cyclic esters (lactones) is 1. The normalized spacial score (nSPS) is 30.9. The first kappa shape index (κ1) is 20.7. The van der Waals surface area contributed by atoms with Crippen molar-refractivity contribution in [2.24, 2.45) is 17.8 Å². The number of rotatable bonds is 7. The van der Waals surface area contributed by atoms with Crippen LogP contribution in [0.5, 0.6) is 0 Å². The molecule has 6 nitrogen and oxygen atoms in total. The molecule has 2 aliphatic rings. The molecule has 0 aromatic rings. The Morgan fingerprint density at radius 3 is 2.50 bits per heavy atom. The summed E-state index contributed by atoms with van der Waals surface area (Å²) in [5.74, 6) is 0.523. The number of esters is 2. The van der Waals surface area contributed by atoms with Crippen LogP contribution in [-0.4, -0.2) is 37.5 Å². The highest BCUT2D eigenvalue weighted by atomic mass is 16.7. The van der Waals surface area contributed by atoms with Crippen LogP contribution in [0.15, 0.2) is 11.3 Å². The molecule has 0 N–H and O–H groups in total. The molecule has 0 bridgehead atoms. The molecular formula is C20H32O6. The zero-order valence-corrected chi connectivity index (χ0v) is 16.6. The molecule has 1 saturated heterocycles. The van der Waals surface area contributed by atoms with Crippen LogP contribution in [-0.2, 0) is 28.5 Å². The van der Waals surface area contributed by atoms with E-state index in [-0.39, 0.29) is 24.9 Å². The van der Waals surface area contributed by atoms with Gasteiger partial charge in [-0.1, -0.05) is 27.2 Å². The number of hydrogen-bond donors (Lipinski definition) is 0. The maximum atomic E-state index is 12.3. The Morgan fingerprint density at radius 2 is 1.88 bits per heavy atom. The average Bonchev–Trinajstić information content (AvgIpc) is 2.92. The van der Waals surface area contributed by atoms with Gasteiger partial charge in [0.2, 0.25) is 12.0 Å². The van der Waals surface area contributed by atoms with Crippen LogP contribution in [0.3, 0.4) is 0 Å². The zero-order valence-electron chi connectivity index (χ0n) is 16.6. The predicted molar refractivity (Wildman–Crippen MR) is 96.0 cm³/mol. The van der Waals surface area contributed by atoms with Crippen LogP contribution < -0.4 is 0 Å². The molecule has 4 atom stereocenters. The van der Waals surface area contributed by atoms with Gasteiger partial charge in [-0.25, -0.2) is 4.79 Å². The van der Waals surface area contributed by atoms with Crippen molar-refractivity contribution in [1.82, 2.24) is 0 Å². The monoisotopic (exact) mass is 368 g/mol. The Morgan fingerprint density at radius 1 is 1.19 bits per heavy atom. The van der Waals surface area contributed by atoms with Crippen molar-refractivity contribution in [2.75, 3.05) is 13.2 Å². The molecule has 0 aromatic heterocycles. The van der Waals surface area contributed by atoms with Crippen LogP contribution in [0.25, 0.3) is 0 Å². The summed E-state index contributed by atoms with van der Waals surface area (Å²) in [4.78, 5) is 24.2. The standard InChI is InChI=1S/C20H32O6/c1-6-23-18(19(22)24-7-2)15-11-17(21)26-20(15)25-16-10-13(5)8-9-14(16)12(3)4/h12-14,16,20H,6-11H2,1-5H3/b18-15-/t13-,14+,16-,20-/m1/s1. The molecule has 0 radical (unpaired) electrons. The summed E-state index contributed by atoms with van der Waals surface area (Å²) < 4.78 is 22.2. The molecular weight excluding hydrogens is 336 g/mol. The molecule has 0 aromatic carbocycles. The molecule has 2 fully saturated rings. The number of hydrogen-bond acceptors (Lipinski definition) is 6. The largest absolute Gasteiger partial charge is 0.487 e. The average molecular weight is 368 g/mol. The molecule has 1 aliphatic carbocycles. The fraction of sp³-hybridized carbons (Fsp3) is 0.800. The van der Waals surface area contributed by atoms with Crippen molar-refractivity contribution < 1.29 is 28.5 Å². The summed E-state index contributed by atoms with van der Waals surface area (Å²) in [6, 6.07) is 0. The van der Waals surface area contributed by atoms with Crippen LogP contribution in [0.2, 0.25) is 0 Å². The fourth-order valence-electron chi connectivity index (χ4n) is 3.82. The zero-order chi connectivity index (χ0) is 19.3. The van der Waals surface area contributed by atoms with Gasteiger partial charge in [-0.15, -0.1) is 0 Å². The second kappa shape index (κ2) is 9.40. The third-order valence-electron chi connectivity index (χ3n) is 5.16. The number of carbonyl (C=O) groups excluding carboxylic acids is 2. The van der Waals surface area contributed by atoms with Crippen molar-refractivity contribution >= 4 is 11.9 Å². The van der Waals surface area contributed by atoms with Crippen LogP contribution in [0.4, 0.5) is 0 Å². The molecule has 2 rings (SSSR count). The lowest BCUT2D eigenvalue weighted by Gasteiger charge is -2.38. The SMILES string of the molecule is CCOC(=O)/C(OCC)=C1\CC(=O)O[C@H]1O[C@@H]1C[C@H](C)CC[C@H]1C(C)C. The van der Waals surface area contributed by atoms with Crippen LogP contribution >= 0.6 is 0 Å². The Kier molecular flexibility index (Phi) is 7.50. The van der Waals surface area contributed by atoms with E-state index in [4.69, 9.17) is 18.9 Å². The third kappa shape index (κ3) is 5.00. The van der Waals surface area contributed by atoms with E-state index < -0.39 is 18.2 Å². The topological polar surface area (TPSA) is 71.1 Å².